The molecule has 3 nitrogen and oxygen atoms in total. The average Bonchev–Trinajstić information content (AvgIpc) is 2.44. The molecule has 0 saturated carbocycles. The van der Waals surface area contributed by atoms with Gasteiger partial charge in [0.05, 0.1) is 10.9 Å². The molecule has 4 heteroatoms. The highest BCUT2D eigenvalue weighted by atomic mass is 32.2. The zero-order chi connectivity index (χ0) is 13.7. The van der Waals surface area contributed by atoms with Gasteiger partial charge in [-0.2, -0.15) is 0 Å². The second-order valence-corrected chi connectivity index (χ2v) is 5.63. The van der Waals surface area contributed by atoms with Crippen LogP contribution in [-0.2, 0) is 6.54 Å². The van der Waals surface area contributed by atoms with Crippen LogP contribution in [0.2, 0.25) is 0 Å². The predicted octanol–water partition coefficient (Wildman–Crippen LogP) is 3.70. The van der Waals surface area contributed by atoms with E-state index in [0.29, 0.717) is 0 Å². The van der Waals surface area contributed by atoms with E-state index in [2.05, 4.69) is 18.8 Å². The summed E-state index contributed by atoms with van der Waals surface area (Å²) in [5.74, 6) is 0.997. The summed E-state index contributed by atoms with van der Waals surface area (Å²) in [7, 11) is 0. The molecular formula is C15H20N2OS. The molecule has 102 valence electrons. The van der Waals surface area contributed by atoms with Gasteiger partial charge in [0.15, 0.2) is 5.16 Å². The van der Waals surface area contributed by atoms with E-state index in [1.54, 1.807) is 11.8 Å². The summed E-state index contributed by atoms with van der Waals surface area (Å²) in [6, 6.07) is 7.60. The molecule has 0 fully saturated rings. The van der Waals surface area contributed by atoms with E-state index in [9.17, 15) is 4.79 Å². The summed E-state index contributed by atoms with van der Waals surface area (Å²) >= 11 is 1.68. The summed E-state index contributed by atoms with van der Waals surface area (Å²) in [5.41, 5.74) is 0.900. The van der Waals surface area contributed by atoms with Crippen LogP contribution >= 0.6 is 11.8 Å². The molecule has 0 unspecified atom stereocenters. The van der Waals surface area contributed by atoms with E-state index in [1.165, 1.54) is 0 Å². The van der Waals surface area contributed by atoms with Crippen molar-refractivity contribution in [3.8, 4) is 0 Å². The highest BCUT2D eigenvalue weighted by molar-refractivity contribution is 7.99. The first-order valence-corrected chi connectivity index (χ1v) is 7.88. The predicted molar refractivity (Wildman–Crippen MR) is 81.9 cm³/mol. The molecule has 19 heavy (non-hydrogen) atoms. The molecule has 0 saturated heterocycles. The van der Waals surface area contributed by atoms with E-state index in [0.717, 1.165) is 47.6 Å². The molecule has 1 aromatic carbocycles. The Morgan fingerprint density at radius 2 is 2.00 bits per heavy atom. The molecule has 0 aliphatic carbocycles. The summed E-state index contributed by atoms with van der Waals surface area (Å²) in [5, 5.41) is 1.58. The van der Waals surface area contributed by atoms with Crippen LogP contribution in [-0.4, -0.2) is 15.3 Å². The van der Waals surface area contributed by atoms with Crippen molar-refractivity contribution in [2.75, 3.05) is 5.75 Å². The van der Waals surface area contributed by atoms with Crippen LogP contribution in [0, 0.1) is 0 Å². The first-order chi connectivity index (χ1) is 9.27. The van der Waals surface area contributed by atoms with Crippen molar-refractivity contribution in [2.45, 2.75) is 44.8 Å². The number of unbranched alkanes of at least 4 members (excludes halogenated alkanes) is 1. The van der Waals surface area contributed by atoms with Crippen molar-refractivity contribution < 1.29 is 0 Å². The van der Waals surface area contributed by atoms with Gasteiger partial charge >= 0.3 is 0 Å². The Labute approximate surface area is 118 Å². The van der Waals surface area contributed by atoms with Crippen molar-refractivity contribution in [3.05, 3.63) is 34.6 Å². The molecule has 0 atom stereocenters. The normalized spacial score (nSPS) is 11.1. The van der Waals surface area contributed by atoms with Crippen molar-refractivity contribution in [3.63, 3.8) is 0 Å². The third kappa shape index (κ3) is 3.18. The first-order valence-electron chi connectivity index (χ1n) is 6.90. The van der Waals surface area contributed by atoms with Gasteiger partial charge in [-0.1, -0.05) is 44.2 Å². The summed E-state index contributed by atoms with van der Waals surface area (Å²) in [4.78, 5) is 17.2. The standard InChI is InChI=1S/C15H20N2OS/c1-3-5-10-17-14(18)12-8-6-7-9-13(12)16-15(17)19-11-4-2/h6-9H,3-5,10-11H2,1-2H3. The van der Waals surface area contributed by atoms with Crippen LogP contribution in [0.5, 0.6) is 0 Å². The third-order valence-corrected chi connectivity index (χ3v) is 4.18. The fourth-order valence-corrected chi connectivity index (χ4v) is 2.84. The Morgan fingerprint density at radius 1 is 1.21 bits per heavy atom. The number of fused-ring (bicyclic) bond motifs is 1. The van der Waals surface area contributed by atoms with Gasteiger partial charge in [-0.25, -0.2) is 4.98 Å². The Kier molecular flexibility index (Phi) is 5.02. The Balaban J connectivity index is 2.52. The largest absolute Gasteiger partial charge is 0.287 e. The van der Waals surface area contributed by atoms with Gasteiger partial charge < -0.3 is 0 Å². The van der Waals surface area contributed by atoms with Gasteiger partial charge in [0.1, 0.15) is 0 Å². The van der Waals surface area contributed by atoms with Crippen molar-refractivity contribution in [1.29, 1.82) is 0 Å². The van der Waals surface area contributed by atoms with Gasteiger partial charge in [-0.15, -0.1) is 0 Å². The quantitative estimate of drug-likeness (QED) is 0.596. The minimum Gasteiger partial charge on any atom is -0.287 e. The highest BCUT2D eigenvalue weighted by Gasteiger charge is 2.10. The fraction of sp³-hybridized carbons (Fsp3) is 0.467. The molecule has 2 rings (SSSR count). The zero-order valence-electron chi connectivity index (χ0n) is 11.6. The second-order valence-electron chi connectivity index (χ2n) is 4.57. The number of benzene rings is 1. The number of aromatic nitrogens is 2. The summed E-state index contributed by atoms with van der Waals surface area (Å²) < 4.78 is 1.84. The van der Waals surface area contributed by atoms with Crippen LogP contribution in [0.4, 0.5) is 0 Å². The van der Waals surface area contributed by atoms with Gasteiger partial charge in [-0.3, -0.25) is 9.36 Å². The Morgan fingerprint density at radius 3 is 2.74 bits per heavy atom. The minimum atomic E-state index is 0.0950. The lowest BCUT2D eigenvalue weighted by Crippen LogP contribution is -2.23. The lowest BCUT2D eigenvalue weighted by atomic mass is 10.2. The number of rotatable bonds is 6. The molecule has 0 aliphatic heterocycles. The van der Waals surface area contributed by atoms with E-state index >= 15 is 0 Å². The monoisotopic (exact) mass is 276 g/mol. The topological polar surface area (TPSA) is 34.9 Å². The molecule has 0 bridgehead atoms. The number of hydrogen-bond donors (Lipinski definition) is 0. The maximum absolute atomic E-state index is 12.5. The Hall–Kier alpha value is -1.29. The molecule has 1 heterocycles. The smallest absolute Gasteiger partial charge is 0.262 e. The molecule has 2 aromatic rings. The molecular weight excluding hydrogens is 256 g/mol. The van der Waals surface area contributed by atoms with Gasteiger partial charge in [0.25, 0.3) is 5.56 Å². The van der Waals surface area contributed by atoms with E-state index in [1.807, 2.05) is 28.8 Å². The third-order valence-electron chi connectivity index (χ3n) is 3.00. The lowest BCUT2D eigenvalue weighted by molar-refractivity contribution is 0.557. The highest BCUT2D eigenvalue weighted by Crippen LogP contribution is 2.18. The Bertz CT molecular complexity index is 607. The molecule has 0 N–H and O–H groups in total. The van der Waals surface area contributed by atoms with Crippen LogP contribution in [0.15, 0.2) is 34.2 Å². The van der Waals surface area contributed by atoms with Crippen LogP contribution in [0.3, 0.4) is 0 Å². The average molecular weight is 276 g/mol. The van der Waals surface area contributed by atoms with Crippen LogP contribution < -0.4 is 5.56 Å². The summed E-state index contributed by atoms with van der Waals surface area (Å²) in [6.45, 7) is 5.04. The SMILES string of the molecule is CCCCn1c(SCCC)nc2ccccc2c1=O. The van der Waals surface area contributed by atoms with Crippen molar-refractivity contribution in [2.24, 2.45) is 0 Å². The number of hydrogen-bond acceptors (Lipinski definition) is 3. The fourth-order valence-electron chi connectivity index (χ4n) is 1.96. The van der Waals surface area contributed by atoms with E-state index in [-0.39, 0.29) is 5.56 Å². The molecule has 0 spiro atoms. The number of thioether (sulfide) groups is 1. The first kappa shape index (κ1) is 14.1. The number of nitrogens with zero attached hydrogens (tertiary/aromatic N) is 2. The number of para-hydroxylation sites is 1. The van der Waals surface area contributed by atoms with E-state index in [4.69, 9.17) is 0 Å². The lowest BCUT2D eigenvalue weighted by Gasteiger charge is -2.12. The maximum atomic E-state index is 12.5. The zero-order valence-corrected chi connectivity index (χ0v) is 12.4. The van der Waals surface area contributed by atoms with Gasteiger partial charge in [0.2, 0.25) is 0 Å². The van der Waals surface area contributed by atoms with E-state index < -0.39 is 0 Å². The second kappa shape index (κ2) is 6.75. The van der Waals surface area contributed by atoms with Crippen molar-refractivity contribution >= 4 is 22.7 Å². The molecule has 0 radical (unpaired) electrons. The van der Waals surface area contributed by atoms with Crippen molar-refractivity contribution in [1.82, 2.24) is 9.55 Å². The molecule has 1 aromatic heterocycles. The van der Waals surface area contributed by atoms with Crippen LogP contribution in [0.25, 0.3) is 10.9 Å². The maximum Gasteiger partial charge on any atom is 0.262 e. The molecule has 0 aliphatic rings. The summed E-state index contributed by atoms with van der Waals surface area (Å²) in [6.07, 6.45) is 3.18. The van der Waals surface area contributed by atoms with Gasteiger partial charge in [0, 0.05) is 12.3 Å². The van der Waals surface area contributed by atoms with Gasteiger partial charge in [-0.05, 0) is 25.0 Å². The molecule has 0 amide bonds. The van der Waals surface area contributed by atoms with Crippen LogP contribution in [0.1, 0.15) is 33.1 Å². The minimum absolute atomic E-state index is 0.0950.